The molecule has 1 aromatic carbocycles. The van der Waals surface area contributed by atoms with E-state index in [0.29, 0.717) is 13.2 Å². The Morgan fingerprint density at radius 2 is 2.14 bits per heavy atom. The van der Waals surface area contributed by atoms with E-state index in [4.69, 9.17) is 4.74 Å². The van der Waals surface area contributed by atoms with E-state index in [1.54, 1.807) is 0 Å². The van der Waals surface area contributed by atoms with Crippen molar-refractivity contribution in [3.63, 3.8) is 0 Å². The van der Waals surface area contributed by atoms with E-state index < -0.39 is 10.8 Å². The minimum Gasteiger partial charge on any atom is -0.494 e. The first-order valence-electron chi connectivity index (χ1n) is 7.54. The highest BCUT2D eigenvalue weighted by Gasteiger charge is 2.22. The summed E-state index contributed by atoms with van der Waals surface area (Å²) in [4.78, 5) is 11.9. The Morgan fingerprint density at radius 3 is 2.86 bits per heavy atom. The lowest BCUT2D eigenvalue weighted by Gasteiger charge is -2.10. The molecule has 0 radical (unpaired) electrons. The van der Waals surface area contributed by atoms with Crippen molar-refractivity contribution in [3.05, 3.63) is 29.8 Å². The number of benzene rings is 1. The van der Waals surface area contributed by atoms with E-state index in [1.807, 2.05) is 31.2 Å². The third-order valence-corrected chi connectivity index (χ3v) is 5.41. The van der Waals surface area contributed by atoms with Crippen molar-refractivity contribution in [2.24, 2.45) is 0 Å². The number of hydrogen-bond acceptors (Lipinski definition) is 3. The van der Waals surface area contributed by atoms with Crippen LogP contribution in [-0.2, 0) is 22.1 Å². The topological polar surface area (TPSA) is 55.4 Å². The number of carbonyl (C=O) groups is 1. The zero-order valence-electron chi connectivity index (χ0n) is 12.5. The van der Waals surface area contributed by atoms with Crippen LogP contribution < -0.4 is 10.1 Å². The summed E-state index contributed by atoms with van der Waals surface area (Å²) in [5, 5.41) is 3.05. The summed E-state index contributed by atoms with van der Waals surface area (Å²) in [6.07, 6.45) is 4.27. The van der Waals surface area contributed by atoms with Gasteiger partial charge < -0.3 is 10.1 Å². The van der Waals surface area contributed by atoms with Crippen LogP contribution in [0.5, 0.6) is 5.75 Å². The van der Waals surface area contributed by atoms with E-state index >= 15 is 0 Å². The Hall–Kier alpha value is -1.36. The van der Waals surface area contributed by atoms with Gasteiger partial charge in [-0.05, 0) is 37.5 Å². The molecule has 21 heavy (non-hydrogen) atoms. The van der Waals surface area contributed by atoms with Gasteiger partial charge in [-0.3, -0.25) is 9.00 Å². The number of amides is 1. The molecule has 1 atom stereocenters. The van der Waals surface area contributed by atoms with Crippen molar-refractivity contribution >= 4 is 16.7 Å². The largest absolute Gasteiger partial charge is 0.494 e. The van der Waals surface area contributed by atoms with Gasteiger partial charge >= 0.3 is 0 Å². The first-order chi connectivity index (χ1) is 10.2. The normalized spacial score (nSPS) is 16.6. The molecule has 1 aliphatic carbocycles. The lowest BCUT2D eigenvalue weighted by atomic mass is 10.2. The fourth-order valence-corrected chi connectivity index (χ4v) is 4.02. The summed E-state index contributed by atoms with van der Waals surface area (Å²) in [6, 6.07) is 7.65. The fourth-order valence-electron chi connectivity index (χ4n) is 2.56. The zero-order valence-corrected chi connectivity index (χ0v) is 13.3. The van der Waals surface area contributed by atoms with E-state index in [0.717, 1.165) is 37.0 Å². The molecule has 0 aliphatic heterocycles. The van der Waals surface area contributed by atoms with Crippen LogP contribution in [0.4, 0.5) is 0 Å². The van der Waals surface area contributed by atoms with Gasteiger partial charge in [-0.25, -0.2) is 0 Å². The Bertz CT molecular complexity index is 498. The van der Waals surface area contributed by atoms with E-state index in [2.05, 4.69) is 5.32 Å². The lowest BCUT2D eigenvalue weighted by molar-refractivity contribution is -0.118. The average Bonchev–Trinajstić information content (AvgIpc) is 3.00. The van der Waals surface area contributed by atoms with Crippen LogP contribution in [-0.4, -0.2) is 27.7 Å². The fraction of sp³-hybridized carbons (Fsp3) is 0.562. The molecule has 4 nitrogen and oxygen atoms in total. The van der Waals surface area contributed by atoms with Crippen LogP contribution in [0.3, 0.4) is 0 Å². The minimum atomic E-state index is -1.03. The molecule has 1 aliphatic rings. The van der Waals surface area contributed by atoms with Crippen LogP contribution in [0.1, 0.15) is 38.2 Å². The zero-order chi connectivity index (χ0) is 15.1. The molecular formula is C16H23NO3S. The third kappa shape index (κ3) is 5.16. The van der Waals surface area contributed by atoms with Gasteiger partial charge in [-0.1, -0.05) is 25.0 Å². The van der Waals surface area contributed by atoms with Crippen molar-refractivity contribution in [2.75, 3.05) is 12.4 Å². The molecule has 1 amide bonds. The Kier molecular flexibility index (Phi) is 6.23. The van der Waals surface area contributed by atoms with E-state index in [-0.39, 0.29) is 16.9 Å². The molecule has 0 saturated heterocycles. The smallest absolute Gasteiger partial charge is 0.232 e. The third-order valence-electron chi connectivity index (χ3n) is 3.65. The Labute approximate surface area is 128 Å². The second-order valence-electron chi connectivity index (χ2n) is 5.29. The SMILES string of the molecule is CCOc1cccc(CNC(=O)C[S@@](=O)C2CCCC2)c1. The number of hydrogen-bond donors (Lipinski definition) is 1. The first kappa shape index (κ1) is 16.0. The van der Waals surface area contributed by atoms with Gasteiger partial charge in [0.05, 0.1) is 6.61 Å². The molecule has 116 valence electrons. The van der Waals surface area contributed by atoms with Gasteiger partial charge in [0.15, 0.2) is 0 Å². The van der Waals surface area contributed by atoms with Gasteiger partial charge in [0.1, 0.15) is 11.5 Å². The molecule has 1 fully saturated rings. The molecule has 1 aromatic rings. The maximum Gasteiger partial charge on any atom is 0.232 e. The molecule has 1 N–H and O–H groups in total. The Morgan fingerprint density at radius 1 is 1.38 bits per heavy atom. The van der Waals surface area contributed by atoms with Gasteiger partial charge in [0.2, 0.25) is 5.91 Å². The quantitative estimate of drug-likeness (QED) is 0.841. The molecule has 0 aromatic heterocycles. The summed E-state index contributed by atoms with van der Waals surface area (Å²) >= 11 is 0. The first-order valence-corrected chi connectivity index (χ1v) is 8.93. The van der Waals surface area contributed by atoms with Crippen molar-refractivity contribution < 1.29 is 13.7 Å². The van der Waals surface area contributed by atoms with Crippen molar-refractivity contribution in [2.45, 2.75) is 44.4 Å². The standard InChI is InChI=1S/C16H23NO3S/c1-2-20-14-7-5-6-13(10-14)11-17-16(18)12-21(19)15-8-3-4-9-15/h5-7,10,15H,2-4,8-9,11-12H2,1H3,(H,17,18)/t21-/m1/s1. The monoisotopic (exact) mass is 309 g/mol. The molecule has 5 heteroatoms. The van der Waals surface area contributed by atoms with Gasteiger partial charge in [-0.2, -0.15) is 0 Å². The second kappa shape index (κ2) is 8.17. The van der Waals surface area contributed by atoms with Crippen LogP contribution in [0, 0.1) is 0 Å². The highest BCUT2D eigenvalue weighted by molar-refractivity contribution is 7.86. The van der Waals surface area contributed by atoms with Gasteiger partial charge in [0.25, 0.3) is 0 Å². The molecule has 0 unspecified atom stereocenters. The average molecular weight is 309 g/mol. The summed E-state index contributed by atoms with van der Waals surface area (Å²) in [5.41, 5.74) is 0.987. The number of rotatable bonds is 7. The molecule has 0 heterocycles. The predicted molar refractivity (Wildman–Crippen MR) is 84.7 cm³/mol. The van der Waals surface area contributed by atoms with Crippen molar-refractivity contribution in [1.82, 2.24) is 5.32 Å². The maximum atomic E-state index is 12.0. The molecule has 0 bridgehead atoms. The molecular weight excluding hydrogens is 286 g/mol. The van der Waals surface area contributed by atoms with Crippen molar-refractivity contribution in [3.8, 4) is 5.75 Å². The summed E-state index contributed by atoms with van der Waals surface area (Å²) in [6.45, 7) is 3.00. The lowest BCUT2D eigenvalue weighted by Crippen LogP contribution is -2.30. The van der Waals surface area contributed by atoms with Gasteiger partial charge in [0, 0.05) is 22.6 Å². The molecule has 0 spiro atoms. The summed E-state index contributed by atoms with van der Waals surface area (Å²) < 4.78 is 17.5. The van der Waals surface area contributed by atoms with Crippen LogP contribution in [0.25, 0.3) is 0 Å². The Balaban J connectivity index is 1.78. The van der Waals surface area contributed by atoms with Crippen molar-refractivity contribution in [1.29, 1.82) is 0 Å². The van der Waals surface area contributed by atoms with E-state index in [1.165, 1.54) is 0 Å². The predicted octanol–water partition coefficient (Wildman–Crippen LogP) is 2.39. The summed E-state index contributed by atoms with van der Waals surface area (Å²) in [7, 11) is -1.03. The van der Waals surface area contributed by atoms with Crippen LogP contribution in [0.15, 0.2) is 24.3 Å². The van der Waals surface area contributed by atoms with Crippen LogP contribution >= 0.6 is 0 Å². The second-order valence-corrected chi connectivity index (χ2v) is 7.01. The summed E-state index contributed by atoms with van der Waals surface area (Å²) in [5.74, 6) is 0.788. The molecule has 1 saturated carbocycles. The molecule has 2 rings (SSSR count). The van der Waals surface area contributed by atoms with Gasteiger partial charge in [-0.15, -0.1) is 0 Å². The van der Waals surface area contributed by atoms with Crippen LogP contribution in [0.2, 0.25) is 0 Å². The van der Waals surface area contributed by atoms with E-state index in [9.17, 15) is 9.00 Å². The maximum absolute atomic E-state index is 12.0. The number of carbonyl (C=O) groups excluding carboxylic acids is 1. The number of ether oxygens (including phenoxy) is 1. The minimum absolute atomic E-state index is 0.121. The highest BCUT2D eigenvalue weighted by atomic mass is 32.2. The highest BCUT2D eigenvalue weighted by Crippen LogP contribution is 2.22. The number of nitrogens with one attached hydrogen (secondary N) is 1.